The Labute approximate surface area is 105 Å². The third kappa shape index (κ3) is 7.89. The molecule has 0 radical (unpaired) electrons. The van der Waals surface area contributed by atoms with Crippen LogP contribution in [0.3, 0.4) is 0 Å². The molecule has 0 spiro atoms. The van der Waals surface area contributed by atoms with Gasteiger partial charge in [-0.3, -0.25) is 0 Å². The first-order valence-electron chi connectivity index (χ1n) is 6.39. The highest BCUT2D eigenvalue weighted by Gasteiger charge is 2.37. The van der Waals surface area contributed by atoms with Crippen molar-refractivity contribution >= 4 is 8.07 Å². The first kappa shape index (κ1) is 17.1. The molecule has 0 amide bonds. The minimum Gasteiger partial charge on any atom is -0.394 e. The lowest BCUT2D eigenvalue weighted by atomic mass is 10.4. The van der Waals surface area contributed by atoms with Crippen LogP contribution in [0.5, 0.6) is 0 Å². The SMILES string of the molecule is CC(O)C[Si](CC(C)O)(CC(C)O)CC(C)O. The van der Waals surface area contributed by atoms with Crippen molar-refractivity contribution in [3.05, 3.63) is 0 Å². The average Bonchev–Trinajstić information content (AvgIpc) is 1.95. The number of hydrogen-bond donors (Lipinski definition) is 4. The van der Waals surface area contributed by atoms with Crippen molar-refractivity contribution < 1.29 is 20.4 Å². The first-order valence-corrected chi connectivity index (χ1v) is 9.22. The van der Waals surface area contributed by atoms with E-state index in [1.807, 2.05) is 0 Å². The molecule has 4 nitrogen and oxygen atoms in total. The molecule has 5 heteroatoms. The maximum Gasteiger partial charge on any atom is 0.0637 e. The van der Waals surface area contributed by atoms with Crippen LogP contribution in [0.2, 0.25) is 24.2 Å². The molecule has 0 saturated heterocycles. The van der Waals surface area contributed by atoms with Crippen LogP contribution in [-0.4, -0.2) is 52.9 Å². The van der Waals surface area contributed by atoms with E-state index >= 15 is 0 Å². The van der Waals surface area contributed by atoms with Gasteiger partial charge < -0.3 is 20.4 Å². The van der Waals surface area contributed by atoms with Crippen molar-refractivity contribution in [3.8, 4) is 0 Å². The number of rotatable bonds is 8. The fourth-order valence-corrected chi connectivity index (χ4v) is 9.02. The molecule has 0 aromatic heterocycles. The van der Waals surface area contributed by atoms with Gasteiger partial charge >= 0.3 is 0 Å². The minimum absolute atomic E-state index is 0.446. The van der Waals surface area contributed by atoms with Gasteiger partial charge in [-0.1, -0.05) is 0 Å². The summed E-state index contributed by atoms with van der Waals surface area (Å²) in [6.07, 6.45) is -1.79. The van der Waals surface area contributed by atoms with Gasteiger partial charge in [-0.05, 0) is 51.9 Å². The summed E-state index contributed by atoms with van der Waals surface area (Å²) in [6, 6.07) is 2.48. The Bertz CT molecular complexity index is 159. The van der Waals surface area contributed by atoms with Gasteiger partial charge in [0.2, 0.25) is 0 Å². The summed E-state index contributed by atoms with van der Waals surface area (Å²) < 4.78 is 0. The third-order valence-corrected chi connectivity index (χ3v) is 8.74. The number of aliphatic hydroxyl groups excluding tert-OH is 4. The Kier molecular flexibility index (Phi) is 7.51. The van der Waals surface area contributed by atoms with Crippen LogP contribution in [0.1, 0.15) is 27.7 Å². The van der Waals surface area contributed by atoms with Gasteiger partial charge in [-0.25, -0.2) is 0 Å². The highest BCUT2D eigenvalue weighted by atomic mass is 28.3. The van der Waals surface area contributed by atoms with Crippen molar-refractivity contribution in [1.82, 2.24) is 0 Å². The smallest absolute Gasteiger partial charge is 0.0637 e. The monoisotopic (exact) mass is 264 g/mol. The zero-order valence-corrected chi connectivity index (χ0v) is 12.4. The van der Waals surface area contributed by atoms with Gasteiger partial charge in [0.1, 0.15) is 0 Å². The van der Waals surface area contributed by atoms with E-state index in [0.717, 1.165) is 0 Å². The summed E-state index contributed by atoms with van der Waals surface area (Å²) in [4.78, 5) is 0. The van der Waals surface area contributed by atoms with E-state index in [1.54, 1.807) is 27.7 Å². The summed E-state index contributed by atoms with van der Waals surface area (Å²) in [6.45, 7) is 6.92. The van der Waals surface area contributed by atoms with Gasteiger partial charge in [0.05, 0.1) is 8.07 Å². The van der Waals surface area contributed by atoms with E-state index in [-0.39, 0.29) is 0 Å². The normalized spacial score (nSPS) is 22.6. The van der Waals surface area contributed by atoms with Crippen molar-refractivity contribution in [3.63, 3.8) is 0 Å². The minimum atomic E-state index is -2.05. The predicted octanol–water partition coefficient (Wildman–Crippen LogP) is 0.958. The lowest BCUT2D eigenvalue weighted by Crippen LogP contribution is -2.44. The Morgan fingerprint density at radius 3 is 0.882 bits per heavy atom. The Balaban J connectivity index is 4.89. The van der Waals surface area contributed by atoms with Crippen LogP contribution in [-0.2, 0) is 0 Å². The van der Waals surface area contributed by atoms with Crippen LogP contribution >= 0.6 is 0 Å². The van der Waals surface area contributed by atoms with Crippen LogP contribution in [0.25, 0.3) is 0 Å². The quantitative estimate of drug-likeness (QED) is 0.492. The molecule has 4 N–H and O–H groups in total. The van der Waals surface area contributed by atoms with Crippen molar-refractivity contribution in [1.29, 1.82) is 0 Å². The molecule has 0 aliphatic heterocycles. The second-order valence-electron chi connectivity index (χ2n) is 5.71. The third-order valence-electron chi connectivity index (χ3n) is 2.91. The van der Waals surface area contributed by atoms with Gasteiger partial charge in [-0.2, -0.15) is 0 Å². The summed E-state index contributed by atoms with van der Waals surface area (Å²) in [5.74, 6) is 0. The van der Waals surface area contributed by atoms with Crippen molar-refractivity contribution in [2.24, 2.45) is 0 Å². The zero-order valence-electron chi connectivity index (χ0n) is 11.4. The fourth-order valence-electron chi connectivity index (χ4n) is 3.01. The number of aliphatic hydroxyl groups is 4. The van der Waals surface area contributed by atoms with Gasteiger partial charge in [-0.15, -0.1) is 0 Å². The highest BCUT2D eigenvalue weighted by molar-refractivity contribution is 6.80. The summed E-state index contributed by atoms with van der Waals surface area (Å²) in [7, 11) is -2.05. The van der Waals surface area contributed by atoms with E-state index in [4.69, 9.17) is 0 Å². The lowest BCUT2D eigenvalue weighted by Gasteiger charge is -2.36. The van der Waals surface area contributed by atoms with E-state index in [2.05, 4.69) is 0 Å². The second kappa shape index (κ2) is 7.48. The molecule has 0 fully saturated rings. The Morgan fingerprint density at radius 2 is 0.765 bits per heavy atom. The molecular weight excluding hydrogens is 236 g/mol. The van der Waals surface area contributed by atoms with Crippen molar-refractivity contribution in [2.75, 3.05) is 0 Å². The Morgan fingerprint density at radius 1 is 0.588 bits per heavy atom. The maximum atomic E-state index is 9.62. The highest BCUT2D eigenvalue weighted by Crippen LogP contribution is 2.31. The van der Waals surface area contributed by atoms with Crippen LogP contribution in [0, 0.1) is 0 Å². The maximum absolute atomic E-state index is 9.62. The Hall–Kier alpha value is 0.0569. The van der Waals surface area contributed by atoms with E-state index in [9.17, 15) is 20.4 Å². The van der Waals surface area contributed by atoms with Gasteiger partial charge in [0, 0.05) is 24.4 Å². The predicted molar refractivity (Wildman–Crippen MR) is 71.7 cm³/mol. The summed E-state index contributed by atoms with van der Waals surface area (Å²) in [5, 5.41) is 38.5. The topological polar surface area (TPSA) is 80.9 Å². The molecule has 0 aromatic carbocycles. The molecule has 4 unspecified atom stereocenters. The molecule has 0 saturated carbocycles. The molecule has 0 aliphatic rings. The molecule has 17 heavy (non-hydrogen) atoms. The molecule has 0 heterocycles. The van der Waals surface area contributed by atoms with Crippen molar-refractivity contribution in [2.45, 2.75) is 76.3 Å². The molecule has 0 bridgehead atoms. The molecule has 104 valence electrons. The van der Waals surface area contributed by atoms with Gasteiger partial charge in [0.25, 0.3) is 0 Å². The largest absolute Gasteiger partial charge is 0.394 e. The second-order valence-corrected chi connectivity index (χ2v) is 10.3. The van der Waals surface area contributed by atoms with Gasteiger partial charge in [0.15, 0.2) is 0 Å². The van der Waals surface area contributed by atoms with Crippen LogP contribution in [0.15, 0.2) is 0 Å². The standard InChI is InChI=1S/C12H28O4Si/c1-9(13)5-17(6-10(2)14,7-11(3)15)8-12(4)16/h9-16H,5-8H2,1-4H3. The molecule has 0 rings (SSSR count). The molecular formula is C12H28O4Si. The fraction of sp³-hybridized carbons (Fsp3) is 1.00. The van der Waals surface area contributed by atoms with E-state index < -0.39 is 32.5 Å². The molecule has 0 aromatic rings. The number of hydrogen-bond acceptors (Lipinski definition) is 4. The lowest BCUT2D eigenvalue weighted by molar-refractivity contribution is 0.185. The molecule has 4 atom stereocenters. The molecule has 0 aliphatic carbocycles. The van der Waals surface area contributed by atoms with Crippen LogP contribution < -0.4 is 0 Å². The first-order chi connectivity index (χ1) is 7.67. The van der Waals surface area contributed by atoms with Crippen LogP contribution in [0.4, 0.5) is 0 Å². The summed E-state index contributed by atoms with van der Waals surface area (Å²) >= 11 is 0. The average molecular weight is 264 g/mol. The van der Waals surface area contributed by atoms with E-state index in [0.29, 0.717) is 24.2 Å². The zero-order chi connectivity index (χ0) is 13.6. The summed E-state index contributed by atoms with van der Waals surface area (Å²) in [5.41, 5.74) is 0. The van der Waals surface area contributed by atoms with E-state index in [1.165, 1.54) is 0 Å².